The third kappa shape index (κ3) is 4.11. The van der Waals surface area contributed by atoms with E-state index in [1.807, 2.05) is 13.1 Å². The molecule has 4 N–H and O–H groups in total. The van der Waals surface area contributed by atoms with Gasteiger partial charge in [0.05, 0.1) is 17.4 Å². The van der Waals surface area contributed by atoms with Gasteiger partial charge in [0.15, 0.2) is 35.9 Å². The van der Waals surface area contributed by atoms with Crippen LogP contribution in [0.25, 0.3) is 0 Å². The van der Waals surface area contributed by atoms with Gasteiger partial charge >= 0.3 is 23.9 Å². The molecule has 1 aromatic rings. The molecule has 2 aliphatic carbocycles. The number of aliphatic hydroxyl groups excluding tert-OH is 1. The van der Waals surface area contributed by atoms with E-state index in [1.165, 1.54) is 12.1 Å². The van der Waals surface area contributed by atoms with E-state index in [0.29, 0.717) is 24.9 Å². The second kappa shape index (κ2) is 9.75. The first-order valence-corrected chi connectivity index (χ1v) is 13.0. The van der Waals surface area contributed by atoms with Gasteiger partial charge in [-0.25, -0.2) is 14.4 Å². The fourth-order valence-electron chi connectivity index (χ4n) is 6.48. The van der Waals surface area contributed by atoms with E-state index < -0.39 is 65.7 Å². The number of phenolic OH excluding ortho intramolecular Hbond substituents is 1. The number of carbonyl (C=O) groups excluding carboxylic acids is 3. The van der Waals surface area contributed by atoms with E-state index in [-0.39, 0.29) is 29.7 Å². The minimum atomic E-state index is -1.96. The highest BCUT2D eigenvalue weighted by molar-refractivity contribution is 5.85. The lowest BCUT2D eigenvalue weighted by atomic mass is 9.50. The van der Waals surface area contributed by atoms with Gasteiger partial charge < -0.3 is 44.3 Å². The Hall–Kier alpha value is -3.68. The second-order valence-electron chi connectivity index (χ2n) is 10.8. The number of aliphatic hydroxyl groups is 2. The topological polar surface area (TPSA) is 189 Å². The Labute approximate surface area is 228 Å². The summed E-state index contributed by atoms with van der Waals surface area (Å²) in [6, 6.07) is 3.11. The maximum atomic E-state index is 12.8. The predicted molar refractivity (Wildman–Crippen MR) is 132 cm³/mol. The molecular formula is C27H31NO12. The van der Waals surface area contributed by atoms with Crippen molar-refractivity contribution in [2.45, 2.75) is 81.0 Å². The Morgan fingerprint density at radius 1 is 1.15 bits per heavy atom. The molecule has 13 nitrogen and oxygen atoms in total. The molecule has 2 aliphatic heterocycles. The van der Waals surface area contributed by atoms with Crippen LogP contribution in [-0.4, -0.2) is 98.9 Å². The summed E-state index contributed by atoms with van der Waals surface area (Å²) in [4.78, 5) is 49.9. The Morgan fingerprint density at radius 2 is 1.88 bits per heavy atom. The molecule has 7 atom stereocenters. The lowest BCUT2D eigenvalue weighted by molar-refractivity contribution is -0.177. The van der Waals surface area contributed by atoms with Crippen molar-refractivity contribution >= 4 is 23.9 Å². The largest absolute Gasteiger partial charge is 0.504 e. The van der Waals surface area contributed by atoms with Gasteiger partial charge in [-0.2, -0.15) is 0 Å². The zero-order chi connectivity index (χ0) is 29.1. The quantitative estimate of drug-likeness (QED) is 0.244. The minimum Gasteiger partial charge on any atom is -0.504 e. The third-order valence-corrected chi connectivity index (χ3v) is 8.48. The van der Waals surface area contributed by atoms with E-state index in [1.54, 1.807) is 0 Å². The summed E-state index contributed by atoms with van der Waals surface area (Å²) in [5.74, 6) is -4.60. The van der Waals surface area contributed by atoms with Crippen LogP contribution in [0.15, 0.2) is 24.0 Å². The normalized spacial score (nSPS) is 30.1. The van der Waals surface area contributed by atoms with E-state index in [0.717, 1.165) is 19.4 Å². The highest BCUT2D eigenvalue weighted by Gasteiger charge is 2.72. The average molecular weight is 562 g/mol. The number of likely N-dealkylation sites (N-methyl/N-ethyl adjacent to an activating group) is 1. The molecule has 1 spiro atoms. The van der Waals surface area contributed by atoms with Crippen molar-refractivity contribution in [1.82, 2.24) is 4.90 Å². The molecule has 2 heterocycles. The fourth-order valence-corrected chi connectivity index (χ4v) is 6.48. The number of carboxylic acid groups (broad SMARTS) is 1. The van der Waals surface area contributed by atoms with Crippen molar-refractivity contribution in [2.24, 2.45) is 0 Å². The van der Waals surface area contributed by atoms with Crippen molar-refractivity contribution in [3.05, 3.63) is 35.1 Å². The number of benzene rings is 1. The molecule has 0 aromatic heterocycles. The zero-order valence-electron chi connectivity index (χ0n) is 22.2. The first-order chi connectivity index (χ1) is 18.8. The molecular weight excluding hydrogens is 530 g/mol. The number of nitrogens with zero attached hydrogens (tertiary/aromatic N) is 1. The second-order valence-corrected chi connectivity index (χ2v) is 10.8. The van der Waals surface area contributed by atoms with Crippen LogP contribution in [0.3, 0.4) is 0 Å². The average Bonchev–Trinajstić information content (AvgIpc) is 3.25. The Morgan fingerprint density at radius 3 is 2.58 bits per heavy atom. The lowest BCUT2D eigenvalue weighted by Crippen LogP contribution is -2.74. The molecule has 2 bridgehead atoms. The Balaban J connectivity index is 1.30. The highest BCUT2D eigenvalue weighted by atomic mass is 16.6. The van der Waals surface area contributed by atoms with Crippen LogP contribution >= 0.6 is 0 Å². The number of carbonyl (C=O) groups is 4. The van der Waals surface area contributed by atoms with Gasteiger partial charge in [-0.3, -0.25) is 4.79 Å². The van der Waals surface area contributed by atoms with Crippen molar-refractivity contribution in [2.75, 3.05) is 13.6 Å². The van der Waals surface area contributed by atoms with Gasteiger partial charge in [-0.15, -0.1) is 0 Å². The number of piperidine rings is 1. The lowest BCUT2D eigenvalue weighted by Gasteiger charge is -2.61. The van der Waals surface area contributed by atoms with Gasteiger partial charge in [0.25, 0.3) is 0 Å². The van der Waals surface area contributed by atoms with Crippen LogP contribution in [0.1, 0.15) is 44.2 Å². The summed E-state index contributed by atoms with van der Waals surface area (Å²) in [6.07, 6.45) is -4.03. The van der Waals surface area contributed by atoms with Crippen LogP contribution in [-0.2, 0) is 45.2 Å². The Bertz CT molecular complexity index is 1310. The number of ether oxygens (including phenoxy) is 4. The van der Waals surface area contributed by atoms with Crippen molar-refractivity contribution < 1.29 is 58.6 Å². The molecule has 4 aliphatic rings. The summed E-state index contributed by atoms with van der Waals surface area (Å²) in [6.45, 7) is 2.91. The number of aliphatic carboxylic acids is 1. The smallest absolute Gasteiger partial charge is 0.347 e. The van der Waals surface area contributed by atoms with Gasteiger partial charge in [0.2, 0.25) is 0 Å². The van der Waals surface area contributed by atoms with Crippen LogP contribution < -0.4 is 4.74 Å². The molecule has 40 heavy (non-hydrogen) atoms. The number of esters is 3. The number of likely N-dealkylation sites (tertiary alicyclic amines) is 1. The molecule has 0 saturated carbocycles. The first kappa shape index (κ1) is 27.9. The molecule has 0 radical (unpaired) electrons. The zero-order valence-corrected chi connectivity index (χ0v) is 22.2. The number of aromatic hydroxyl groups is 1. The Kier molecular flexibility index (Phi) is 6.79. The van der Waals surface area contributed by atoms with Crippen LogP contribution in [0, 0.1) is 0 Å². The molecule has 0 amide bonds. The number of hydrogen-bond donors (Lipinski definition) is 4. The number of hydrogen-bond acceptors (Lipinski definition) is 12. The van der Waals surface area contributed by atoms with Gasteiger partial charge in [0.1, 0.15) is 5.76 Å². The van der Waals surface area contributed by atoms with Crippen molar-refractivity contribution in [1.29, 1.82) is 0 Å². The van der Waals surface area contributed by atoms with Gasteiger partial charge in [-0.05, 0) is 58.0 Å². The van der Waals surface area contributed by atoms with E-state index >= 15 is 0 Å². The number of carboxylic acids is 1. The van der Waals surface area contributed by atoms with Crippen molar-refractivity contribution in [3.8, 4) is 11.5 Å². The molecule has 1 fully saturated rings. The monoisotopic (exact) mass is 561 g/mol. The molecule has 13 heteroatoms. The third-order valence-electron chi connectivity index (χ3n) is 8.48. The van der Waals surface area contributed by atoms with Crippen LogP contribution in [0.5, 0.6) is 11.5 Å². The first-order valence-electron chi connectivity index (χ1n) is 13.0. The summed E-state index contributed by atoms with van der Waals surface area (Å²) in [5, 5.41) is 41.9. The van der Waals surface area contributed by atoms with E-state index in [2.05, 4.69) is 9.64 Å². The van der Waals surface area contributed by atoms with E-state index in [4.69, 9.17) is 19.3 Å². The summed E-state index contributed by atoms with van der Waals surface area (Å²) in [5.41, 5.74) is -0.633. The highest BCUT2D eigenvalue weighted by Crippen LogP contribution is 2.65. The molecule has 5 rings (SSSR count). The molecule has 216 valence electrons. The fraction of sp³-hybridized carbons (Fsp3) is 0.556. The summed E-state index contributed by atoms with van der Waals surface area (Å²) >= 11 is 0. The summed E-state index contributed by atoms with van der Waals surface area (Å²) < 4.78 is 21.2. The van der Waals surface area contributed by atoms with Crippen LogP contribution in [0.4, 0.5) is 0 Å². The number of rotatable bonds is 8. The number of phenols is 1. The summed E-state index contributed by atoms with van der Waals surface area (Å²) in [7, 11) is 1.94. The van der Waals surface area contributed by atoms with Gasteiger partial charge in [0, 0.05) is 18.0 Å². The molecule has 1 aromatic carbocycles. The van der Waals surface area contributed by atoms with Crippen LogP contribution in [0.2, 0.25) is 0 Å². The maximum absolute atomic E-state index is 12.8. The standard InChI is InChI=1S/C27H31NO12/c1-12(23(32)33)38-24(34)13(2)37-19(31)11-16(30)25(35)39-17-6-7-27(36)18-10-14-4-5-15(29)21-20(14)26(27,22(17)40-21)8-9-28(18)3/h4-6,12-13,16,18,22,29-30,36H,7-11H2,1-3H3,(H,32,33)/t12?,13?,16?,18-,22+,26+,27-/m1/s1. The maximum Gasteiger partial charge on any atom is 0.347 e. The molecule has 3 unspecified atom stereocenters. The van der Waals surface area contributed by atoms with Gasteiger partial charge in [-0.1, -0.05) is 6.07 Å². The van der Waals surface area contributed by atoms with Crippen molar-refractivity contribution in [3.63, 3.8) is 0 Å². The SMILES string of the molecule is CC(OC(=O)C(C)OC(=O)CC(O)C(=O)OC1=CC[C@@]2(O)[C@H]3Cc4ccc(O)c5c4[C@@]2(CCN3C)[C@H]1O5)C(=O)O. The van der Waals surface area contributed by atoms with E-state index in [9.17, 15) is 34.5 Å². The minimum absolute atomic E-state index is 0.0495. The molecule has 1 saturated heterocycles. The predicted octanol–water partition coefficient (Wildman–Crippen LogP) is -0.0879.